The molecule has 49 heavy (non-hydrogen) atoms. The summed E-state index contributed by atoms with van der Waals surface area (Å²) in [6.45, 7) is 12.4. The van der Waals surface area contributed by atoms with E-state index in [1.807, 2.05) is 47.7 Å². The van der Waals surface area contributed by atoms with Crippen LogP contribution in [0.5, 0.6) is 0 Å². The molecule has 3 heterocycles. The van der Waals surface area contributed by atoms with Crippen molar-refractivity contribution in [2.24, 2.45) is 10.8 Å². The van der Waals surface area contributed by atoms with Gasteiger partial charge in [-0.05, 0) is 25.7 Å². The van der Waals surface area contributed by atoms with Gasteiger partial charge >= 0.3 is 195 Å². The molecule has 1 N–H and O–H groups in total. The van der Waals surface area contributed by atoms with Crippen molar-refractivity contribution in [2.75, 3.05) is 0 Å². The number of hydrogen-bond acceptors (Lipinski definition) is 3. The van der Waals surface area contributed by atoms with Crippen molar-refractivity contribution in [1.82, 2.24) is 4.98 Å². The average Bonchev–Trinajstić information content (AvgIpc) is 3.14. The molecule has 1 radical (unpaired) electrons. The number of pyridine rings is 1. The first-order valence-electron chi connectivity index (χ1n) is 17.1. The molecule has 2 aliphatic heterocycles. The van der Waals surface area contributed by atoms with Crippen molar-refractivity contribution in [3.63, 3.8) is 0 Å². The zero-order valence-corrected chi connectivity index (χ0v) is 34.9. The molecule has 7 rings (SSSR count). The number of carbonyl (C=O) groups is 1. The van der Waals surface area contributed by atoms with Gasteiger partial charge in [0.2, 0.25) is 0 Å². The van der Waals surface area contributed by atoms with E-state index in [0.29, 0.717) is 21.7 Å². The summed E-state index contributed by atoms with van der Waals surface area (Å²) in [5.74, 6) is 0.286. The average molecular weight is 955 g/mol. The number of rotatable bonds is 8. The summed E-state index contributed by atoms with van der Waals surface area (Å²) in [7, 11) is 0. The van der Waals surface area contributed by atoms with Crippen LogP contribution in [-0.4, -0.2) is 52.5 Å². The molecule has 253 valence electrons. The molecule has 0 bridgehead atoms. The molecule has 7 heteroatoms. The Morgan fingerprint density at radius 3 is 1.96 bits per heavy atom. The molecule has 0 atom stereocenters. The predicted molar refractivity (Wildman–Crippen MR) is 207 cm³/mol. The molecule has 0 amide bonds. The van der Waals surface area contributed by atoms with Crippen molar-refractivity contribution in [1.29, 1.82) is 0 Å². The van der Waals surface area contributed by atoms with E-state index >= 15 is 0 Å². The molecule has 0 unspecified atom stereocenters. The van der Waals surface area contributed by atoms with E-state index in [1.54, 1.807) is 5.46 Å². The van der Waals surface area contributed by atoms with Crippen molar-refractivity contribution in [3.05, 3.63) is 109 Å². The summed E-state index contributed by atoms with van der Waals surface area (Å²) in [5, 5.41) is 12.6. The van der Waals surface area contributed by atoms with E-state index in [0.717, 1.165) is 31.4 Å². The van der Waals surface area contributed by atoms with Crippen LogP contribution >= 0.6 is 0 Å². The van der Waals surface area contributed by atoms with Crippen LogP contribution in [0.15, 0.2) is 103 Å². The third-order valence-corrected chi connectivity index (χ3v) is 15.7. The molecular weight excluding hydrogens is 911 g/mol. The molecule has 0 aliphatic carbocycles. The van der Waals surface area contributed by atoms with Gasteiger partial charge in [-0.1, -0.05) is 41.5 Å². The van der Waals surface area contributed by atoms with Gasteiger partial charge in [0, 0.05) is 37.0 Å². The maximum absolute atomic E-state index is 12.2. The summed E-state index contributed by atoms with van der Waals surface area (Å²) in [4.78, 5) is 17.0. The van der Waals surface area contributed by atoms with Crippen LogP contribution in [0, 0.1) is 16.9 Å². The molecule has 0 fully saturated rings. The van der Waals surface area contributed by atoms with Gasteiger partial charge in [-0.25, -0.2) is 0 Å². The zero-order chi connectivity index (χ0) is 34.1. The van der Waals surface area contributed by atoms with E-state index in [1.165, 1.54) is 51.2 Å². The van der Waals surface area contributed by atoms with Gasteiger partial charge in [-0.3, -0.25) is 4.79 Å². The zero-order valence-electron chi connectivity index (χ0n) is 29.1. The van der Waals surface area contributed by atoms with Gasteiger partial charge in [0.15, 0.2) is 5.78 Å². The van der Waals surface area contributed by atoms with E-state index in [4.69, 9.17) is 4.98 Å². The summed E-state index contributed by atoms with van der Waals surface area (Å²) in [5.41, 5.74) is 6.16. The number of carbonyl (C=O) groups excluding carboxylic acids is 1. The van der Waals surface area contributed by atoms with Gasteiger partial charge in [-0.2, -0.15) is 0 Å². The molecule has 4 aromatic carbocycles. The second-order valence-electron chi connectivity index (χ2n) is 13.3. The molecule has 0 saturated heterocycles. The number of aromatic nitrogens is 1. The van der Waals surface area contributed by atoms with Crippen LogP contribution in [0.25, 0.3) is 22.0 Å². The van der Waals surface area contributed by atoms with Crippen LogP contribution in [0.4, 0.5) is 0 Å². The van der Waals surface area contributed by atoms with Crippen molar-refractivity contribution < 1.29 is 30.0 Å². The summed E-state index contributed by atoms with van der Waals surface area (Å²) < 4.78 is 5.97. The van der Waals surface area contributed by atoms with Crippen LogP contribution in [0.3, 0.4) is 0 Å². The Morgan fingerprint density at radius 1 is 0.796 bits per heavy atom. The second kappa shape index (κ2) is 15.6. The van der Waals surface area contributed by atoms with Gasteiger partial charge in [0.25, 0.3) is 0 Å². The molecule has 0 spiro atoms. The topological polar surface area (TPSA) is 50.2 Å². The first-order chi connectivity index (χ1) is 23.2. The number of benzene rings is 4. The van der Waals surface area contributed by atoms with Crippen molar-refractivity contribution >= 4 is 87.4 Å². The summed E-state index contributed by atoms with van der Waals surface area (Å²) in [6.07, 6.45) is 6.76. The van der Waals surface area contributed by atoms with Gasteiger partial charge in [-0.15, -0.1) is 0 Å². The Morgan fingerprint density at radius 2 is 1.35 bits per heavy atom. The standard InChI is InChI=1S/C27H15BNSe2.C15H28O2.Ir/c1-2-8-18-16-29-22(15-17(18)7-1)19-13-14-25-26-27(19)31-24-12-6-4-10-21(24)28(26)20-9-3-5-11-23(20)30-25;1-7-14(5,8-2)12(16)11-13(17)15(6,9-3)10-4;/h1-12,14-16H;11,16H,7-10H2,1-6H3;/q-1;;/b;12-11-;. The van der Waals surface area contributed by atoms with Crippen molar-refractivity contribution in [3.8, 4) is 11.3 Å². The number of allylic oxidation sites excluding steroid dienone is 2. The summed E-state index contributed by atoms with van der Waals surface area (Å²) >= 11 is 0.575. The number of aliphatic hydroxyl groups excluding tert-OH is 1. The van der Waals surface area contributed by atoms with Crippen LogP contribution in [-0.2, 0) is 24.9 Å². The molecule has 1 aromatic heterocycles. The SMILES string of the molecule is CCC(C)(CC)C(=O)/C=C(\O)C(C)(CC)CC.[Ir].[c-]1cc2c3c(c1-c1cc4ccccc4cn1)[Se]c1ccccc1B3c1ccccc1[Se]2. The fourth-order valence-electron chi connectivity index (χ4n) is 6.42. The number of fused-ring (bicyclic) bond motifs is 5. The number of ketones is 1. The molecular formula is C42H43BIrNO2Se2-. The minimum absolute atomic E-state index is 0. The molecule has 0 saturated carbocycles. The Bertz CT molecular complexity index is 2010. The van der Waals surface area contributed by atoms with Crippen molar-refractivity contribution in [2.45, 2.75) is 67.2 Å². The van der Waals surface area contributed by atoms with Crippen LogP contribution < -0.4 is 34.2 Å². The maximum atomic E-state index is 12.2. The van der Waals surface area contributed by atoms with E-state index in [2.05, 4.69) is 91.0 Å². The Balaban J connectivity index is 0.000000226. The van der Waals surface area contributed by atoms with Gasteiger partial charge in [0.05, 0.1) is 0 Å². The Hall–Kier alpha value is -2.75. The quantitative estimate of drug-likeness (QED) is 0.103. The normalized spacial score (nSPS) is 13.3. The van der Waals surface area contributed by atoms with Gasteiger partial charge in [0.1, 0.15) is 5.76 Å². The van der Waals surface area contributed by atoms with Gasteiger partial charge < -0.3 is 5.11 Å². The fourth-order valence-corrected chi connectivity index (χ4v) is 11.8. The van der Waals surface area contributed by atoms with E-state index < -0.39 is 0 Å². The first kappa shape index (κ1) is 37.5. The number of aliphatic hydroxyl groups is 1. The van der Waals surface area contributed by atoms with Crippen LogP contribution in [0.2, 0.25) is 0 Å². The molecule has 3 nitrogen and oxygen atoms in total. The Labute approximate surface area is 318 Å². The number of hydrogen-bond donors (Lipinski definition) is 1. The third-order valence-electron chi connectivity index (χ3n) is 10.8. The Kier molecular flexibility index (Phi) is 12.0. The third kappa shape index (κ3) is 7.22. The predicted octanol–water partition coefficient (Wildman–Crippen LogP) is 4.80. The second-order valence-corrected chi connectivity index (χ2v) is 17.8. The fraction of sp³-hybridized carbons (Fsp3) is 0.286. The molecule has 2 aliphatic rings. The van der Waals surface area contributed by atoms with Crippen LogP contribution in [0.1, 0.15) is 67.2 Å². The monoisotopic (exact) mass is 957 g/mol. The minimum atomic E-state index is -0.337. The number of nitrogens with zero attached hydrogens (tertiary/aromatic N) is 1. The van der Waals surface area contributed by atoms with E-state index in [-0.39, 0.29) is 57.4 Å². The summed E-state index contributed by atoms with van der Waals surface area (Å²) in [6, 6.07) is 34.7. The first-order valence-corrected chi connectivity index (χ1v) is 20.5. The van der Waals surface area contributed by atoms with E-state index in [9.17, 15) is 9.90 Å². The molecule has 5 aromatic rings.